The molecule has 0 radical (unpaired) electrons. The lowest BCUT2D eigenvalue weighted by Gasteiger charge is -2.17. The van der Waals surface area contributed by atoms with Crippen molar-refractivity contribution in [2.45, 2.75) is 37.3 Å². The monoisotopic (exact) mass is 380 g/mol. The summed E-state index contributed by atoms with van der Waals surface area (Å²) in [6.07, 6.45) is 1.01. The molecular weight excluding hydrogens is 356 g/mol. The Balaban J connectivity index is 2.27. The van der Waals surface area contributed by atoms with Crippen LogP contribution in [-0.2, 0) is 0 Å². The number of rotatable bonds is 7. The largest absolute Gasteiger partial charge is 0.294 e. The minimum atomic E-state index is 0.158. The number of carbonyl (C=O) groups excluding carboxylic acids is 1. The van der Waals surface area contributed by atoms with Gasteiger partial charge in [0.15, 0.2) is 5.78 Å². The Bertz CT molecular complexity index is 866. The van der Waals surface area contributed by atoms with Gasteiger partial charge in [0, 0.05) is 21.9 Å². The van der Waals surface area contributed by atoms with Crippen LogP contribution in [0.3, 0.4) is 0 Å². The zero-order valence-corrected chi connectivity index (χ0v) is 17.1. The molecule has 0 fully saturated rings. The summed E-state index contributed by atoms with van der Waals surface area (Å²) in [5.74, 6) is 1.43. The number of carbonyl (C=O) groups is 1. The Morgan fingerprint density at radius 1 is 1.00 bits per heavy atom. The highest BCUT2D eigenvalue weighted by Crippen LogP contribution is 2.47. The SMILES string of the molecule is CCSc1sc([C@@H](CC)c2ccccc2)c(-c2ccccc2)c1C(C)=O. The maximum Gasteiger partial charge on any atom is 0.162 e. The average Bonchev–Trinajstić information content (AvgIpc) is 3.03. The summed E-state index contributed by atoms with van der Waals surface area (Å²) < 4.78 is 1.16. The average molecular weight is 381 g/mol. The predicted octanol–water partition coefficient (Wildman–Crippen LogP) is 7.27. The van der Waals surface area contributed by atoms with Crippen LogP contribution in [0.5, 0.6) is 0 Å². The van der Waals surface area contributed by atoms with E-state index in [4.69, 9.17) is 0 Å². The maximum atomic E-state index is 12.6. The second-order valence-electron chi connectivity index (χ2n) is 6.23. The van der Waals surface area contributed by atoms with Gasteiger partial charge in [0.2, 0.25) is 0 Å². The van der Waals surface area contributed by atoms with Gasteiger partial charge in [0.05, 0.1) is 4.21 Å². The summed E-state index contributed by atoms with van der Waals surface area (Å²) in [4.78, 5) is 13.9. The van der Waals surface area contributed by atoms with Gasteiger partial charge in [-0.1, -0.05) is 74.5 Å². The van der Waals surface area contributed by atoms with Crippen LogP contribution < -0.4 is 0 Å². The molecule has 0 spiro atoms. The van der Waals surface area contributed by atoms with Gasteiger partial charge in [-0.05, 0) is 30.2 Å². The van der Waals surface area contributed by atoms with Crippen molar-refractivity contribution in [3.05, 3.63) is 76.7 Å². The number of thioether (sulfide) groups is 1. The van der Waals surface area contributed by atoms with E-state index in [1.807, 2.05) is 6.07 Å². The van der Waals surface area contributed by atoms with E-state index in [9.17, 15) is 4.79 Å². The Hall–Kier alpha value is -1.84. The first kappa shape index (κ1) is 18.9. The third-order valence-electron chi connectivity index (χ3n) is 4.52. The molecule has 3 aromatic rings. The fraction of sp³-hybridized carbons (Fsp3) is 0.261. The van der Waals surface area contributed by atoms with E-state index in [1.54, 1.807) is 30.0 Å². The molecular formula is C23H24OS2. The normalized spacial score (nSPS) is 12.1. The molecule has 0 saturated heterocycles. The highest BCUT2D eigenvalue weighted by Gasteiger charge is 2.27. The first-order valence-corrected chi connectivity index (χ1v) is 10.9. The van der Waals surface area contributed by atoms with E-state index in [0.29, 0.717) is 5.92 Å². The molecule has 1 aromatic heterocycles. The number of hydrogen-bond donors (Lipinski definition) is 0. The molecule has 0 saturated carbocycles. The van der Waals surface area contributed by atoms with Gasteiger partial charge in [-0.3, -0.25) is 4.79 Å². The maximum absolute atomic E-state index is 12.6. The van der Waals surface area contributed by atoms with Gasteiger partial charge >= 0.3 is 0 Å². The van der Waals surface area contributed by atoms with Crippen molar-refractivity contribution in [1.29, 1.82) is 0 Å². The molecule has 0 amide bonds. The van der Waals surface area contributed by atoms with Crippen molar-refractivity contribution < 1.29 is 4.79 Å². The molecule has 1 atom stereocenters. The number of hydrogen-bond acceptors (Lipinski definition) is 3. The zero-order chi connectivity index (χ0) is 18.5. The molecule has 0 aliphatic carbocycles. The first-order valence-electron chi connectivity index (χ1n) is 9.08. The lowest BCUT2D eigenvalue weighted by atomic mass is 9.88. The van der Waals surface area contributed by atoms with Gasteiger partial charge in [-0.25, -0.2) is 0 Å². The van der Waals surface area contributed by atoms with Crippen LogP contribution >= 0.6 is 23.1 Å². The quantitative estimate of drug-likeness (QED) is 0.317. The fourth-order valence-electron chi connectivity index (χ4n) is 3.37. The van der Waals surface area contributed by atoms with E-state index in [2.05, 4.69) is 68.4 Å². The number of benzene rings is 2. The molecule has 0 unspecified atom stereocenters. The van der Waals surface area contributed by atoms with Gasteiger partial charge in [0.1, 0.15) is 0 Å². The Morgan fingerprint density at radius 2 is 1.62 bits per heavy atom. The summed E-state index contributed by atoms with van der Waals surface area (Å²) >= 11 is 3.58. The topological polar surface area (TPSA) is 17.1 Å². The Kier molecular flexibility index (Phi) is 6.33. The molecule has 134 valence electrons. The summed E-state index contributed by atoms with van der Waals surface area (Å²) in [6, 6.07) is 21.0. The molecule has 2 aromatic carbocycles. The molecule has 1 heterocycles. The summed E-state index contributed by atoms with van der Waals surface area (Å²) in [7, 11) is 0. The van der Waals surface area contributed by atoms with E-state index >= 15 is 0 Å². The van der Waals surface area contributed by atoms with Crippen molar-refractivity contribution in [2.24, 2.45) is 0 Å². The number of ketones is 1. The van der Waals surface area contributed by atoms with E-state index in [1.165, 1.54) is 10.4 Å². The first-order chi connectivity index (χ1) is 12.7. The van der Waals surface area contributed by atoms with Gasteiger partial charge < -0.3 is 0 Å². The zero-order valence-electron chi connectivity index (χ0n) is 15.5. The van der Waals surface area contributed by atoms with Crippen molar-refractivity contribution in [2.75, 3.05) is 5.75 Å². The van der Waals surface area contributed by atoms with Crippen molar-refractivity contribution in [1.82, 2.24) is 0 Å². The van der Waals surface area contributed by atoms with E-state index < -0.39 is 0 Å². The second-order valence-corrected chi connectivity index (χ2v) is 8.82. The van der Waals surface area contributed by atoms with E-state index in [-0.39, 0.29) is 5.78 Å². The molecule has 26 heavy (non-hydrogen) atoms. The lowest BCUT2D eigenvalue weighted by Crippen LogP contribution is -2.01. The second kappa shape index (κ2) is 8.70. The summed E-state index contributed by atoms with van der Waals surface area (Å²) in [6.45, 7) is 6.07. The van der Waals surface area contributed by atoms with Crippen LogP contribution in [0, 0.1) is 0 Å². The van der Waals surface area contributed by atoms with Crippen LogP contribution in [0.4, 0.5) is 0 Å². The predicted molar refractivity (Wildman–Crippen MR) is 115 cm³/mol. The molecule has 3 rings (SSSR count). The van der Waals surface area contributed by atoms with Crippen LogP contribution in [0.25, 0.3) is 11.1 Å². The van der Waals surface area contributed by atoms with Crippen LogP contribution in [-0.4, -0.2) is 11.5 Å². The minimum Gasteiger partial charge on any atom is -0.294 e. The number of thiophene rings is 1. The summed E-state index contributed by atoms with van der Waals surface area (Å²) in [5, 5.41) is 0. The van der Waals surface area contributed by atoms with Crippen LogP contribution in [0.2, 0.25) is 0 Å². The number of Topliss-reactive ketones (excluding diaryl/α,β-unsaturated/α-hetero) is 1. The molecule has 0 aliphatic heterocycles. The smallest absolute Gasteiger partial charge is 0.162 e. The highest BCUT2D eigenvalue weighted by molar-refractivity contribution is 8.01. The Labute approximate surface area is 164 Å². The summed E-state index contributed by atoms with van der Waals surface area (Å²) in [5.41, 5.74) is 4.49. The van der Waals surface area contributed by atoms with Gasteiger partial charge in [-0.2, -0.15) is 0 Å². The molecule has 3 heteroatoms. The molecule has 0 aliphatic rings. The van der Waals surface area contributed by atoms with Gasteiger partial charge in [0.25, 0.3) is 0 Å². The molecule has 0 bridgehead atoms. The van der Waals surface area contributed by atoms with E-state index in [0.717, 1.165) is 33.1 Å². The van der Waals surface area contributed by atoms with Crippen molar-refractivity contribution in [3.63, 3.8) is 0 Å². The fourth-order valence-corrected chi connectivity index (χ4v) is 6.20. The van der Waals surface area contributed by atoms with Crippen molar-refractivity contribution >= 4 is 28.9 Å². The molecule has 1 nitrogen and oxygen atoms in total. The third kappa shape index (κ3) is 3.79. The Morgan fingerprint density at radius 3 is 2.15 bits per heavy atom. The van der Waals surface area contributed by atoms with Gasteiger partial charge in [-0.15, -0.1) is 23.1 Å². The highest BCUT2D eigenvalue weighted by atomic mass is 32.2. The van der Waals surface area contributed by atoms with Crippen molar-refractivity contribution in [3.8, 4) is 11.1 Å². The minimum absolute atomic E-state index is 0.158. The molecule has 0 N–H and O–H groups in total. The lowest BCUT2D eigenvalue weighted by molar-refractivity contribution is 0.101. The standard InChI is InChI=1S/C23H24OS2/c1-4-19(17-12-8-6-9-13-17)22-21(18-14-10-7-11-15-18)20(16(3)24)23(26-22)25-5-2/h6-15,19H,4-5H2,1-3H3/t19-/m0/s1. The third-order valence-corrected chi connectivity index (χ3v) is 6.98. The van der Waals surface area contributed by atoms with Crippen LogP contribution in [0.1, 0.15) is 53.9 Å². The van der Waals surface area contributed by atoms with Crippen LogP contribution in [0.15, 0.2) is 64.9 Å².